The number of hydrogen-bond acceptors (Lipinski definition) is 6. The Kier molecular flexibility index (Phi) is 7.00. The van der Waals surface area contributed by atoms with Gasteiger partial charge in [0.15, 0.2) is 0 Å². The van der Waals surface area contributed by atoms with Crippen molar-refractivity contribution in [3.63, 3.8) is 0 Å². The lowest BCUT2D eigenvalue weighted by Crippen LogP contribution is -2.10. The van der Waals surface area contributed by atoms with Crippen molar-refractivity contribution in [2.75, 3.05) is 19.1 Å². The summed E-state index contributed by atoms with van der Waals surface area (Å²) in [6.07, 6.45) is 1.38. The molecule has 0 aliphatic rings. The molecule has 0 aromatic heterocycles. The molecule has 0 saturated heterocycles. The summed E-state index contributed by atoms with van der Waals surface area (Å²) in [5.41, 5.74) is 0.931. The largest absolute Gasteiger partial charge is 0.457 e. The first kappa shape index (κ1) is 16.6. The summed E-state index contributed by atoms with van der Waals surface area (Å²) in [7, 11) is 1.38. The average molecular weight is 320 g/mol. The summed E-state index contributed by atoms with van der Waals surface area (Å²) >= 11 is 2.11. The fourth-order valence-corrected chi connectivity index (χ4v) is 5.32. The van der Waals surface area contributed by atoms with Gasteiger partial charge in [-0.1, -0.05) is 41.7 Å². The van der Waals surface area contributed by atoms with Gasteiger partial charge < -0.3 is 9.26 Å². The van der Waals surface area contributed by atoms with Crippen LogP contribution in [-0.4, -0.2) is 25.1 Å². The third-order valence-corrected chi connectivity index (χ3v) is 9.80. The minimum Gasteiger partial charge on any atom is -0.457 e. The summed E-state index contributed by atoms with van der Waals surface area (Å²) < 4.78 is 22.1. The van der Waals surface area contributed by atoms with Crippen LogP contribution in [0.1, 0.15) is 18.6 Å². The van der Waals surface area contributed by atoms with Crippen molar-refractivity contribution in [2.24, 2.45) is 0 Å². The number of carbonyl (C=O) groups is 1. The van der Waals surface area contributed by atoms with Crippen LogP contribution in [0.5, 0.6) is 0 Å². The van der Waals surface area contributed by atoms with E-state index in [4.69, 9.17) is 9.26 Å². The zero-order chi connectivity index (χ0) is 14.3. The first-order valence-corrected chi connectivity index (χ1v) is 10.7. The van der Waals surface area contributed by atoms with E-state index in [0.717, 1.165) is 28.3 Å². The maximum absolute atomic E-state index is 11.9. The van der Waals surface area contributed by atoms with E-state index in [1.165, 1.54) is 7.11 Å². The molecule has 19 heavy (non-hydrogen) atoms. The number of hydrogen-bond donors (Lipinski definition) is 0. The molecule has 106 valence electrons. The Morgan fingerprint density at radius 3 is 2.53 bits per heavy atom. The number of rotatable bonds is 7. The topological polar surface area (TPSA) is 52.6 Å². The highest BCUT2D eigenvalue weighted by atomic mass is 33.1. The van der Waals surface area contributed by atoms with Crippen LogP contribution in [0.3, 0.4) is 0 Å². The lowest BCUT2D eigenvalue weighted by Gasteiger charge is -2.15. The fraction of sp³-hybridized carbons (Fsp3) is 0.417. The Hall–Kier alpha value is -0.420. The lowest BCUT2D eigenvalue weighted by molar-refractivity contribution is -0.145. The molecule has 1 rings (SSSR count). The molecule has 0 aliphatic carbocycles. The summed E-state index contributed by atoms with van der Waals surface area (Å²) in [6, 6.07) is 9.48. The lowest BCUT2D eigenvalue weighted by atomic mass is 10.1. The molecule has 0 N–H and O–H groups in total. The molecule has 1 aromatic carbocycles. The highest BCUT2D eigenvalue weighted by Gasteiger charge is 2.23. The van der Waals surface area contributed by atoms with Crippen LogP contribution >= 0.6 is 28.5 Å². The van der Waals surface area contributed by atoms with Crippen molar-refractivity contribution in [3.05, 3.63) is 35.9 Å². The van der Waals surface area contributed by atoms with Gasteiger partial charge in [-0.15, -0.1) is 0 Å². The molecule has 7 heteroatoms. The number of carbonyl (C=O) groups excluding carboxylic acids is 1. The molecule has 2 unspecified atom stereocenters. The maximum atomic E-state index is 11.9. The number of benzene rings is 1. The van der Waals surface area contributed by atoms with Gasteiger partial charge in [0.05, 0.1) is 0 Å². The second-order valence-corrected chi connectivity index (χ2v) is 11.2. The van der Waals surface area contributed by atoms with Crippen molar-refractivity contribution >= 4 is 34.5 Å². The van der Waals surface area contributed by atoms with Crippen LogP contribution in [0.2, 0.25) is 0 Å². The van der Waals surface area contributed by atoms with E-state index in [-0.39, 0.29) is 11.9 Å². The van der Waals surface area contributed by atoms with Crippen LogP contribution < -0.4 is 0 Å². The van der Waals surface area contributed by atoms with E-state index >= 15 is 0 Å². The summed E-state index contributed by atoms with van der Waals surface area (Å²) in [4.78, 5) is 11.7. The zero-order valence-corrected chi connectivity index (χ0v) is 13.6. The summed E-state index contributed by atoms with van der Waals surface area (Å²) in [5, 5.41) is 0. The molecule has 0 bridgehead atoms. The fourth-order valence-electron chi connectivity index (χ4n) is 1.33. The van der Waals surface area contributed by atoms with Crippen molar-refractivity contribution < 1.29 is 18.6 Å². The van der Waals surface area contributed by atoms with Gasteiger partial charge in [-0.2, -0.15) is 0 Å². The molecule has 0 fully saturated rings. The van der Waals surface area contributed by atoms with Crippen LogP contribution in [-0.2, 0) is 18.6 Å². The molecular weight excluding hydrogens is 303 g/mol. The van der Waals surface area contributed by atoms with Gasteiger partial charge in [0, 0.05) is 7.11 Å². The minimum atomic E-state index is -2.82. The van der Waals surface area contributed by atoms with Crippen LogP contribution in [0.4, 0.5) is 0 Å². The summed E-state index contributed by atoms with van der Waals surface area (Å²) in [5.74, 6) is -3.20. The van der Waals surface area contributed by atoms with Crippen LogP contribution in [0.25, 0.3) is 0 Å². The SMILES string of the molecule is COP(=O)(SC)SCC(=O)OC(C)c1ccccc1. The Morgan fingerprint density at radius 2 is 2.00 bits per heavy atom. The molecule has 0 radical (unpaired) electrons. The Bertz CT molecular complexity index is 444. The van der Waals surface area contributed by atoms with E-state index in [9.17, 15) is 9.36 Å². The van der Waals surface area contributed by atoms with Crippen LogP contribution in [0.15, 0.2) is 30.3 Å². The third-order valence-electron chi connectivity index (χ3n) is 2.36. The Labute approximate surface area is 121 Å². The monoisotopic (exact) mass is 320 g/mol. The van der Waals surface area contributed by atoms with Crippen molar-refractivity contribution in [2.45, 2.75) is 13.0 Å². The van der Waals surface area contributed by atoms with Gasteiger partial charge in [-0.3, -0.25) is 9.36 Å². The van der Waals surface area contributed by atoms with E-state index in [1.807, 2.05) is 37.3 Å². The molecular formula is C12H17O4PS2. The molecule has 0 amide bonds. The molecule has 0 aliphatic heterocycles. The van der Waals surface area contributed by atoms with E-state index < -0.39 is 11.7 Å². The number of esters is 1. The smallest absolute Gasteiger partial charge is 0.317 e. The first-order chi connectivity index (χ1) is 9.00. The quantitative estimate of drug-likeness (QED) is 0.556. The van der Waals surface area contributed by atoms with Gasteiger partial charge in [0.2, 0.25) is 0 Å². The van der Waals surface area contributed by atoms with E-state index in [1.54, 1.807) is 6.26 Å². The van der Waals surface area contributed by atoms with Gasteiger partial charge in [0.25, 0.3) is 0 Å². The predicted octanol–water partition coefficient (Wildman–Crippen LogP) is 4.14. The van der Waals surface area contributed by atoms with Crippen molar-refractivity contribution in [1.82, 2.24) is 0 Å². The summed E-state index contributed by atoms with van der Waals surface area (Å²) in [6.45, 7) is 1.81. The van der Waals surface area contributed by atoms with Gasteiger partial charge in [0.1, 0.15) is 11.9 Å². The zero-order valence-electron chi connectivity index (χ0n) is 11.1. The predicted molar refractivity (Wildman–Crippen MR) is 81.5 cm³/mol. The molecule has 4 nitrogen and oxygen atoms in total. The van der Waals surface area contributed by atoms with E-state index in [2.05, 4.69) is 0 Å². The molecule has 0 saturated carbocycles. The second kappa shape index (κ2) is 8.00. The second-order valence-electron chi connectivity index (χ2n) is 3.63. The standard InChI is InChI=1S/C12H17O4PS2/c1-10(11-7-5-4-6-8-11)16-12(13)9-19-17(14,15-2)18-3/h4-8,10H,9H2,1-3H3. The normalized spacial score (nSPS) is 15.5. The Balaban J connectivity index is 2.46. The third kappa shape index (κ3) is 5.61. The number of ether oxygens (including phenoxy) is 1. The maximum Gasteiger partial charge on any atom is 0.317 e. The highest BCUT2D eigenvalue weighted by Crippen LogP contribution is 2.68. The average Bonchev–Trinajstić information content (AvgIpc) is 2.45. The van der Waals surface area contributed by atoms with Crippen molar-refractivity contribution in [3.8, 4) is 0 Å². The Morgan fingerprint density at radius 1 is 1.37 bits per heavy atom. The minimum absolute atomic E-state index is 0.0170. The molecule has 0 spiro atoms. The molecule has 1 aromatic rings. The molecule has 2 atom stereocenters. The van der Waals surface area contributed by atoms with Gasteiger partial charge >= 0.3 is 11.7 Å². The van der Waals surface area contributed by atoms with Gasteiger partial charge in [-0.25, -0.2) is 0 Å². The highest BCUT2D eigenvalue weighted by molar-refractivity contribution is 8.89. The van der Waals surface area contributed by atoms with Gasteiger partial charge in [-0.05, 0) is 30.1 Å². The molecule has 0 heterocycles. The van der Waals surface area contributed by atoms with Crippen LogP contribution in [0, 0.1) is 0 Å². The first-order valence-electron chi connectivity index (χ1n) is 5.61. The van der Waals surface area contributed by atoms with Crippen molar-refractivity contribution in [1.29, 1.82) is 0 Å². The van der Waals surface area contributed by atoms with E-state index in [0.29, 0.717) is 0 Å².